The molecular formula is C18H25N3S2. The molecule has 0 aliphatic heterocycles. The van der Waals surface area contributed by atoms with Crippen LogP contribution in [0.3, 0.4) is 0 Å². The van der Waals surface area contributed by atoms with Crippen LogP contribution in [0.4, 0.5) is 5.82 Å². The van der Waals surface area contributed by atoms with Crippen molar-refractivity contribution in [2.24, 2.45) is 5.92 Å². The van der Waals surface area contributed by atoms with Gasteiger partial charge in [-0.25, -0.2) is 9.97 Å². The van der Waals surface area contributed by atoms with Crippen LogP contribution < -0.4 is 5.32 Å². The number of aromatic nitrogens is 2. The summed E-state index contributed by atoms with van der Waals surface area (Å²) in [5.74, 6) is 1.85. The predicted molar refractivity (Wildman–Crippen MR) is 101 cm³/mol. The van der Waals surface area contributed by atoms with Crippen LogP contribution in [0, 0.1) is 5.92 Å². The summed E-state index contributed by atoms with van der Waals surface area (Å²) in [5.41, 5.74) is 1.54. The molecule has 23 heavy (non-hydrogen) atoms. The highest BCUT2D eigenvalue weighted by Crippen LogP contribution is 2.40. The van der Waals surface area contributed by atoms with Gasteiger partial charge < -0.3 is 5.32 Å². The van der Waals surface area contributed by atoms with E-state index < -0.39 is 0 Å². The molecule has 0 saturated heterocycles. The fourth-order valence-electron chi connectivity index (χ4n) is 4.04. The van der Waals surface area contributed by atoms with E-state index >= 15 is 0 Å². The molecule has 1 saturated carbocycles. The predicted octanol–water partition coefficient (Wildman–Crippen LogP) is 5.28. The lowest BCUT2D eigenvalue weighted by molar-refractivity contribution is 0.349. The van der Waals surface area contributed by atoms with Gasteiger partial charge in [0.2, 0.25) is 0 Å². The number of fused-ring (bicyclic) bond motifs is 3. The van der Waals surface area contributed by atoms with E-state index in [-0.39, 0.29) is 0 Å². The topological polar surface area (TPSA) is 37.8 Å². The number of thioether (sulfide) groups is 1. The van der Waals surface area contributed by atoms with Crippen molar-refractivity contribution in [1.29, 1.82) is 0 Å². The van der Waals surface area contributed by atoms with Gasteiger partial charge in [-0.05, 0) is 56.3 Å². The number of hydrogen-bond acceptors (Lipinski definition) is 5. The molecule has 5 heteroatoms. The van der Waals surface area contributed by atoms with Gasteiger partial charge in [-0.2, -0.15) is 0 Å². The van der Waals surface area contributed by atoms with Crippen molar-refractivity contribution in [2.45, 2.75) is 69.5 Å². The Balaban J connectivity index is 1.78. The van der Waals surface area contributed by atoms with Crippen molar-refractivity contribution in [3.63, 3.8) is 0 Å². The van der Waals surface area contributed by atoms with Crippen LogP contribution >= 0.6 is 23.1 Å². The summed E-state index contributed by atoms with van der Waals surface area (Å²) < 4.78 is 0. The van der Waals surface area contributed by atoms with E-state index in [9.17, 15) is 0 Å². The Kier molecular flexibility index (Phi) is 4.50. The third-order valence-electron chi connectivity index (χ3n) is 5.41. The molecule has 2 unspecified atom stereocenters. The Bertz CT molecular complexity index is 710. The minimum atomic E-state index is 0.565. The van der Waals surface area contributed by atoms with Crippen LogP contribution in [0.5, 0.6) is 0 Å². The highest BCUT2D eigenvalue weighted by atomic mass is 32.2. The summed E-state index contributed by atoms with van der Waals surface area (Å²) in [6.07, 6.45) is 12.5. The standard InChI is InChI=1S/C18H25N3S2/c1-11-7-3-5-9-13(11)19-16-15-12-8-4-6-10-14(12)23-17(15)21-18(20-16)22-2/h11,13H,3-10H2,1-2H3,(H,19,20,21). The van der Waals surface area contributed by atoms with E-state index in [1.807, 2.05) is 11.3 Å². The minimum absolute atomic E-state index is 0.565. The lowest BCUT2D eigenvalue weighted by Gasteiger charge is -2.30. The van der Waals surface area contributed by atoms with Crippen LogP contribution in [-0.4, -0.2) is 22.3 Å². The molecule has 0 spiro atoms. The fraction of sp³-hybridized carbons (Fsp3) is 0.667. The molecule has 1 fully saturated rings. The zero-order valence-electron chi connectivity index (χ0n) is 14.0. The van der Waals surface area contributed by atoms with E-state index in [0.29, 0.717) is 6.04 Å². The van der Waals surface area contributed by atoms with Crippen molar-refractivity contribution in [3.05, 3.63) is 10.4 Å². The third-order valence-corrected chi connectivity index (χ3v) is 7.14. The van der Waals surface area contributed by atoms with Crippen LogP contribution in [0.15, 0.2) is 5.16 Å². The van der Waals surface area contributed by atoms with Gasteiger partial charge in [0, 0.05) is 10.9 Å². The Labute approximate surface area is 146 Å². The second-order valence-corrected chi connectivity index (χ2v) is 8.82. The van der Waals surface area contributed by atoms with Gasteiger partial charge in [-0.1, -0.05) is 31.5 Å². The van der Waals surface area contributed by atoms with Gasteiger partial charge in [-0.3, -0.25) is 0 Å². The van der Waals surface area contributed by atoms with Crippen molar-refractivity contribution in [2.75, 3.05) is 11.6 Å². The van der Waals surface area contributed by atoms with E-state index in [0.717, 1.165) is 16.9 Å². The van der Waals surface area contributed by atoms with E-state index in [1.54, 1.807) is 16.6 Å². The number of rotatable bonds is 3. The van der Waals surface area contributed by atoms with Gasteiger partial charge in [0.1, 0.15) is 10.6 Å². The average Bonchev–Trinajstić information content (AvgIpc) is 2.95. The normalized spacial score (nSPS) is 24.6. The molecule has 3 nitrogen and oxygen atoms in total. The zero-order chi connectivity index (χ0) is 15.8. The molecule has 2 aliphatic rings. The van der Waals surface area contributed by atoms with Gasteiger partial charge >= 0.3 is 0 Å². The largest absolute Gasteiger partial charge is 0.366 e. The second-order valence-electron chi connectivity index (χ2n) is 6.96. The minimum Gasteiger partial charge on any atom is -0.366 e. The summed E-state index contributed by atoms with van der Waals surface area (Å²) >= 11 is 3.55. The van der Waals surface area contributed by atoms with Crippen molar-refractivity contribution in [1.82, 2.24) is 9.97 Å². The maximum absolute atomic E-state index is 4.88. The molecule has 4 rings (SSSR count). The number of anilines is 1. The van der Waals surface area contributed by atoms with Crippen molar-refractivity contribution >= 4 is 39.1 Å². The van der Waals surface area contributed by atoms with Gasteiger partial charge in [0.05, 0.1) is 5.39 Å². The first-order valence-corrected chi connectivity index (χ1v) is 10.9. The fourth-order valence-corrected chi connectivity index (χ4v) is 5.72. The lowest BCUT2D eigenvalue weighted by atomic mass is 9.86. The highest BCUT2D eigenvalue weighted by Gasteiger charge is 2.25. The zero-order valence-corrected chi connectivity index (χ0v) is 15.7. The number of nitrogens with zero attached hydrogens (tertiary/aromatic N) is 2. The maximum Gasteiger partial charge on any atom is 0.190 e. The van der Waals surface area contributed by atoms with Gasteiger partial charge in [0.15, 0.2) is 5.16 Å². The molecular weight excluding hydrogens is 322 g/mol. The number of hydrogen-bond donors (Lipinski definition) is 1. The lowest BCUT2D eigenvalue weighted by Crippen LogP contribution is -2.30. The Morgan fingerprint density at radius 3 is 2.74 bits per heavy atom. The molecule has 0 bridgehead atoms. The second kappa shape index (κ2) is 6.60. The summed E-state index contributed by atoms with van der Waals surface area (Å²) in [4.78, 5) is 12.4. The summed E-state index contributed by atoms with van der Waals surface area (Å²) in [6, 6.07) is 0.565. The maximum atomic E-state index is 4.88. The number of aryl methyl sites for hydroxylation is 2. The third kappa shape index (κ3) is 2.98. The summed E-state index contributed by atoms with van der Waals surface area (Å²) in [6.45, 7) is 2.38. The monoisotopic (exact) mass is 347 g/mol. The molecule has 2 aliphatic carbocycles. The smallest absolute Gasteiger partial charge is 0.190 e. The highest BCUT2D eigenvalue weighted by molar-refractivity contribution is 7.98. The van der Waals surface area contributed by atoms with Gasteiger partial charge in [0.25, 0.3) is 0 Å². The molecule has 2 aromatic heterocycles. The summed E-state index contributed by atoms with van der Waals surface area (Å²) in [7, 11) is 0. The Morgan fingerprint density at radius 2 is 1.91 bits per heavy atom. The van der Waals surface area contributed by atoms with Crippen molar-refractivity contribution < 1.29 is 0 Å². The Morgan fingerprint density at radius 1 is 1.09 bits per heavy atom. The summed E-state index contributed by atoms with van der Waals surface area (Å²) in [5, 5.41) is 6.07. The quantitative estimate of drug-likeness (QED) is 0.605. The van der Waals surface area contributed by atoms with Gasteiger partial charge in [-0.15, -0.1) is 11.3 Å². The van der Waals surface area contributed by atoms with Crippen LogP contribution in [-0.2, 0) is 12.8 Å². The molecule has 124 valence electrons. The number of thiophene rings is 1. The van der Waals surface area contributed by atoms with Crippen LogP contribution in [0.1, 0.15) is 55.9 Å². The van der Waals surface area contributed by atoms with E-state index in [2.05, 4.69) is 18.5 Å². The van der Waals surface area contributed by atoms with E-state index in [1.165, 1.54) is 67.1 Å². The molecule has 2 atom stereocenters. The molecule has 0 amide bonds. The SMILES string of the molecule is CSc1nc(NC2CCCCC2C)c2c3c(sc2n1)CCCC3. The molecule has 0 radical (unpaired) electrons. The first-order chi connectivity index (χ1) is 11.3. The first-order valence-electron chi connectivity index (χ1n) is 8.89. The number of nitrogens with one attached hydrogen (secondary N) is 1. The van der Waals surface area contributed by atoms with E-state index in [4.69, 9.17) is 9.97 Å². The van der Waals surface area contributed by atoms with Crippen LogP contribution in [0.25, 0.3) is 10.2 Å². The molecule has 2 aromatic rings. The van der Waals surface area contributed by atoms with Crippen molar-refractivity contribution in [3.8, 4) is 0 Å². The molecule has 0 aromatic carbocycles. The molecule has 2 heterocycles. The Hall–Kier alpha value is -0.810. The molecule has 1 N–H and O–H groups in total. The first kappa shape index (κ1) is 15.7. The van der Waals surface area contributed by atoms with Crippen LogP contribution in [0.2, 0.25) is 0 Å². The average molecular weight is 348 g/mol.